The number of aromatic nitrogens is 1. The van der Waals surface area contributed by atoms with E-state index in [9.17, 15) is 14.9 Å². The topological polar surface area (TPSA) is 103 Å². The summed E-state index contributed by atoms with van der Waals surface area (Å²) in [5, 5.41) is 20.1. The molecule has 1 N–H and O–H groups in total. The van der Waals surface area contributed by atoms with E-state index in [1.807, 2.05) is 0 Å². The molecule has 0 atom stereocenters. The zero-order chi connectivity index (χ0) is 15.6. The number of hydrogen-bond donors (Lipinski definition) is 1. The van der Waals surface area contributed by atoms with Gasteiger partial charge in [-0.05, 0) is 30.7 Å². The van der Waals surface area contributed by atoms with Gasteiger partial charge in [0, 0.05) is 6.07 Å². The van der Waals surface area contributed by atoms with Crippen LogP contribution in [-0.4, -0.2) is 21.0 Å². The normalized spacial score (nSPS) is 10.2. The van der Waals surface area contributed by atoms with Gasteiger partial charge in [-0.3, -0.25) is 10.1 Å². The number of benzene rings is 1. The third-order valence-corrected chi connectivity index (χ3v) is 2.79. The molecule has 0 bridgehead atoms. The molecule has 21 heavy (non-hydrogen) atoms. The molecule has 0 amide bonds. The molecule has 1 heterocycles. The van der Waals surface area contributed by atoms with Crippen molar-refractivity contribution in [1.29, 1.82) is 0 Å². The van der Waals surface area contributed by atoms with Crippen LogP contribution in [0.2, 0.25) is 5.15 Å². The molecule has 0 radical (unpaired) electrons. The summed E-state index contributed by atoms with van der Waals surface area (Å²) in [6, 6.07) is 6.76. The fraction of sp³-hybridized carbons (Fsp3) is 0.0769. The highest BCUT2D eigenvalue weighted by Gasteiger charge is 2.20. The first kappa shape index (κ1) is 14.7. The van der Waals surface area contributed by atoms with Gasteiger partial charge in [0.2, 0.25) is 11.6 Å². The Morgan fingerprint density at radius 2 is 2.10 bits per heavy atom. The number of halogens is 1. The lowest BCUT2D eigenvalue weighted by Gasteiger charge is -2.09. The first-order valence-electron chi connectivity index (χ1n) is 5.71. The van der Waals surface area contributed by atoms with Gasteiger partial charge in [0.1, 0.15) is 10.7 Å². The Balaban J connectivity index is 2.52. The Kier molecular flexibility index (Phi) is 4.04. The molecule has 2 rings (SSSR count). The molecule has 0 aliphatic rings. The number of hydrogen-bond acceptors (Lipinski definition) is 5. The van der Waals surface area contributed by atoms with E-state index in [4.69, 9.17) is 21.4 Å². The molecular weight excluding hydrogens is 300 g/mol. The van der Waals surface area contributed by atoms with Crippen LogP contribution in [-0.2, 0) is 0 Å². The van der Waals surface area contributed by atoms with E-state index in [0.29, 0.717) is 0 Å². The van der Waals surface area contributed by atoms with E-state index >= 15 is 0 Å². The van der Waals surface area contributed by atoms with Crippen LogP contribution in [0.15, 0.2) is 30.3 Å². The minimum atomic E-state index is -1.27. The first-order chi connectivity index (χ1) is 9.88. The summed E-state index contributed by atoms with van der Waals surface area (Å²) in [5.41, 5.74) is 0.184. The first-order valence-corrected chi connectivity index (χ1v) is 6.09. The summed E-state index contributed by atoms with van der Waals surface area (Å²) >= 11 is 5.70. The van der Waals surface area contributed by atoms with Crippen molar-refractivity contribution in [3.8, 4) is 11.6 Å². The largest absolute Gasteiger partial charge is 0.477 e. The minimum Gasteiger partial charge on any atom is -0.477 e. The van der Waals surface area contributed by atoms with Crippen molar-refractivity contribution >= 4 is 23.3 Å². The zero-order valence-corrected chi connectivity index (χ0v) is 11.5. The van der Waals surface area contributed by atoms with Crippen LogP contribution in [0.1, 0.15) is 15.9 Å². The number of aryl methyl sites for hydroxylation is 1. The summed E-state index contributed by atoms with van der Waals surface area (Å²) in [5.74, 6) is -1.68. The van der Waals surface area contributed by atoms with Gasteiger partial charge < -0.3 is 9.84 Å². The highest BCUT2D eigenvalue weighted by molar-refractivity contribution is 6.29. The lowest BCUT2D eigenvalue weighted by molar-refractivity contribution is -0.385. The molecule has 108 valence electrons. The van der Waals surface area contributed by atoms with Crippen LogP contribution in [0.5, 0.6) is 11.6 Å². The van der Waals surface area contributed by atoms with E-state index in [2.05, 4.69) is 4.98 Å². The molecule has 0 aliphatic heterocycles. The third kappa shape index (κ3) is 3.26. The molecule has 0 saturated carbocycles. The third-order valence-electron chi connectivity index (χ3n) is 2.58. The molecule has 0 unspecified atom stereocenters. The van der Waals surface area contributed by atoms with E-state index in [-0.39, 0.29) is 28.0 Å². The summed E-state index contributed by atoms with van der Waals surface area (Å²) in [6.07, 6.45) is 0. The number of ether oxygens (including phenoxy) is 1. The zero-order valence-electron chi connectivity index (χ0n) is 10.7. The summed E-state index contributed by atoms with van der Waals surface area (Å²) in [4.78, 5) is 25.2. The van der Waals surface area contributed by atoms with Gasteiger partial charge in [0.25, 0.3) is 0 Å². The predicted octanol–water partition coefficient (Wildman–Crippen LogP) is 3.44. The van der Waals surface area contributed by atoms with Crippen molar-refractivity contribution < 1.29 is 19.6 Å². The van der Waals surface area contributed by atoms with Crippen LogP contribution < -0.4 is 4.74 Å². The highest BCUT2D eigenvalue weighted by Crippen LogP contribution is 2.33. The van der Waals surface area contributed by atoms with E-state index in [1.165, 1.54) is 24.3 Å². The van der Waals surface area contributed by atoms with Gasteiger partial charge >= 0.3 is 11.7 Å². The van der Waals surface area contributed by atoms with Crippen LogP contribution in [0.3, 0.4) is 0 Å². The molecular formula is C13H9ClN2O5. The summed E-state index contributed by atoms with van der Waals surface area (Å²) in [6.45, 7) is 1.72. The summed E-state index contributed by atoms with van der Waals surface area (Å²) in [7, 11) is 0. The van der Waals surface area contributed by atoms with Gasteiger partial charge in [-0.2, -0.15) is 0 Å². The van der Waals surface area contributed by atoms with Crippen molar-refractivity contribution in [1.82, 2.24) is 4.98 Å². The van der Waals surface area contributed by atoms with Crippen molar-refractivity contribution in [2.45, 2.75) is 6.92 Å². The predicted molar refractivity (Wildman–Crippen MR) is 74.1 cm³/mol. The van der Waals surface area contributed by atoms with Crippen molar-refractivity contribution in [2.24, 2.45) is 0 Å². The lowest BCUT2D eigenvalue weighted by atomic mass is 10.2. The second kappa shape index (κ2) is 5.76. The standard InChI is InChI=1S/C13H9ClN2O5/c1-7-2-4-9(16(19)20)10(6-7)21-12-8(13(17)18)3-5-11(14)15-12/h2-6H,1H3,(H,17,18). The summed E-state index contributed by atoms with van der Waals surface area (Å²) < 4.78 is 5.31. The monoisotopic (exact) mass is 308 g/mol. The Labute approximate surface area is 123 Å². The number of carbonyl (C=O) groups is 1. The number of carboxylic acids is 1. The van der Waals surface area contributed by atoms with Crippen LogP contribution >= 0.6 is 11.6 Å². The number of pyridine rings is 1. The van der Waals surface area contributed by atoms with Crippen molar-refractivity contribution in [3.63, 3.8) is 0 Å². The molecule has 2 aromatic rings. The second-order valence-corrected chi connectivity index (χ2v) is 4.51. The fourth-order valence-corrected chi connectivity index (χ4v) is 1.76. The molecule has 1 aromatic carbocycles. The average molecular weight is 309 g/mol. The number of rotatable bonds is 4. The van der Waals surface area contributed by atoms with Crippen LogP contribution in [0.4, 0.5) is 5.69 Å². The van der Waals surface area contributed by atoms with E-state index in [1.54, 1.807) is 13.0 Å². The van der Waals surface area contributed by atoms with Gasteiger partial charge in [0.05, 0.1) is 4.92 Å². The second-order valence-electron chi connectivity index (χ2n) is 4.12. The van der Waals surface area contributed by atoms with Gasteiger partial charge in [-0.25, -0.2) is 9.78 Å². The molecule has 8 heteroatoms. The molecule has 0 spiro atoms. The lowest BCUT2D eigenvalue weighted by Crippen LogP contribution is -2.03. The number of carboxylic acid groups (broad SMARTS) is 1. The van der Waals surface area contributed by atoms with Crippen molar-refractivity contribution in [3.05, 3.63) is 56.7 Å². The van der Waals surface area contributed by atoms with Crippen molar-refractivity contribution in [2.75, 3.05) is 0 Å². The molecule has 1 aromatic heterocycles. The maximum atomic E-state index is 11.1. The maximum absolute atomic E-state index is 11.1. The quantitative estimate of drug-likeness (QED) is 0.527. The van der Waals surface area contributed by atoms with Crippen LogP contribution in [0, 0.1) is 17.0 Å². The maximum Gasteiger partial charge on any atom is 0.341 e. The minimum absolute atomic E-state index is 0.0188. The number of nitro benzene ring substituents is 1. The Bertz CT molecular complexity index is 671. The molecule has 0 fully saturated rings. The fourth-order valence-electron chi connectivity index (χ4n) is 1.62. The smallest absolute Gasteiger partial charge is 0.341 e. The Morgan fingerprint density at radius 3 is 2.71 bits per heavy atom. The average Bonchev–Trinajstić information content (AvgIpc) is 2.38. The molecule has 0 aliphatic carbocycles. The Morgan fingerprint density at radius 1 is 1.38 bits per heavy atom. The molecule has 0 saturated heterocycles. The highest BCUT2D eigenvalue weighted by atomic mass is 35.5. The number of nitro groups is 1. The van der Waals surface area contributed by atoms with E-state index < -0.39 is 10.9 Å². The van der Waals surface area contributed by atoms with Gasteiger partial charge in [-0.15, -0.1) is 0 Å². The molecule has 7 nitrogen and oxygen atoms in total. The van der Waals surface area contributed by atoms with Gasteiger partial charge in [-0.1, -0.05) is 17.7 Å². The Hall–Kier alpha value is -2.67. The SMILES string of the molecule is Cc1ccc([N+](=O)[O-])c(Oc2nc(Cl)ccc2C(=O)O)c1. The number of nitrogens with zero attached hydrogens (tertiary/aromatic N) is 2. The van der Waals surface area contributed by atoms with Crippen LogP contribution in [0.25, 0.3) is 0 Å². The van der Waals surface area contributed by atoms with E-state index in [0.717, 1.165) is 5.56 Å². The van der Waals surface area contributed by atoms with Gasteiger partial charge in [0.15, 0.2) is 0 Å². The number of aromatic carboxylic acids is 1.